The third kappa shape index (κ3) is 6.14. The molecule has 33 heavy (non-hydrogen) atoms. The summed E-state index contributed by atoms with van der Waals surface area (Å²) in [5, 5.41) is 3.49. The Hall–Kier alpha value is -3.77. The van der Waals surface area contributed by atoms with Crippen molar-refractivity contribution in [2.24, 2.45) is 0 Å². The van der Waals surface area contributed by atoms with E-state index in [4.69, 9.17) is 21.1 Å². The van der Waals surface area contributed by atoms with Crippen molar-refractivity contribution in [1.82, 2.24) is 0 Å². The van der Waals surface area contributed by atoms with Crippen LogP contribution < -0.4 is 19.7 Å². The summed E-state index contributed by atoms with van der Waals surface area (Å²) in [5.41, 5.74) is 2.14. The van der Waals surface area contributed by atoms with E-state index in [9.17, 15) is 9.59 Å². The molecule has 7 heteroatoms. The standard InChI is InChI=1S/C26H23ClN2O4/c27-20-8-11-22(12-9-20)32-16-4-15-29-23-17-21(10-13-24(23)33-18-26(29)31)28-25(30)14-7-19-5-2-1-3-6-19/h1-3,5-14,17H,4,15-16,18H2,(H,28,30)/b14-7+. The van der Waals surface area contributed by atoms with Crippen molar-refractivity contribution in [1.29, 1.82) is 0 Å². The minimum absolute atomic E-state index is 0.0173. The van der Waals surface area contributed by atoms with Gasteiger partial charge in [-0.15, -0.1) is 0 Å². The van der Waals surface area contributed by atoms with Crippen LogP contribution in [0.3, 0.4) is 0 Å². The number of hydrogen-bond acceptors (Lipinski definition) is 4. The highest BCUT2D eigenvalue weighted by molar-refractivity contribution is 6.30. The van der Waals surface area contributed by atoms with Gasteiger partial charge < -0.3 is 19.7 Å². The Morgan fingerprint density at radius 1 is 1.09 bits per heavy atom. The average molecular weight is 463 g/mol. The number of hydrogen-bond donors (Lipinski definition) is 1. The number of ether oxygens (including phenoxy) is 2. The number of nitrogens with zero attached hydrogens (tertiary/aromatic N) is 1. The second-order valence-corrected chi connectivity index (χ2v) is 7.84. The molecule has 0 spiro atoms. The fourth-order valence-electron chi connectivity index (χ4n) is 3.39. The van der Waals surface area contributed by atoms with Gasteiger partial charge in [-0.1, -0.05) is 41.9 Å². The quantitative estimate of drug-likeness (QED) is 0.369. The Labute approximate surface area is 197 Å². The fraction of sp³-hybridized carbons (Fsp3) is 0.154. The first-order valence-corrected chi connectivity index (χ1v) is 11.0. The van der Waals surface area contributed by atoms with Gasteiger partial charge in [0.25, 0.3) is 5.91 Å². The maximum absolute atomic E-state index is 12.5. The van der Waals surface area contributed by atoms with Crippen LogP contribution in [0.1, 0.15) is 12.0 Å². The molecule has 2 amide bonds. The predicted octanol–water partition coefficient (Wildman–Crippen LogP) is 5.19. The zero-order valence-electron chi connectivity index (χ0n) is 17.9. The summed E-state index contributed by atoms with van der Waals surface area (Å²) in [6.45, 7) is 0.896. The number of halogens is 1. The fourth-order valence-corrected chi connectivity index (χ4v) is 3.51. The van der Waals surface area contributed by atoms with Crippen molar-refractivity contribution in [3.05, 3.63) is 89.5 Å². The largest absolute Gasteiger partial charge is 0.494 e. The van der Waals surface area contributed by atoms with E-state index in [0.29, 0.717) is 41.7 Å². The summed E-state index contributed by atoms with van der Waals surface area (Å²) in [4.78, 5) is 26.5. The van der Waals surface area contributed by atoms with Crippen LogP contribution in [0.2, 0.25) is 5.02 Å². The lowest BCUT2D eigenvalue weighted by molar-refractivity contribution is -0.121. The Morgan fingerprint density at radius 3 is 2.67 bits per heavy atom. The highest BCUT2D eigenvalue weighted by Crippen LogP contribution is 2.34. The number of anilines is 2. The average Bonchev–Trinajstić information content (AvgIpc) is 2.83. The van der Waals surface area contributed by atoms with Gasteiger partial charge in [-0.05, 0) is 60.5 Å². The molecule has 0 unspecified atom stereocenters. The minimum atomic E-state index is -0.259. The molecule has 0 bridgehead atoms. The molecule has 0 aliphatic carbocycles. The number of benzene rings is 3. The molecule has 0 fully saturated rings. The third-order valence-electron chi connectivity index (χ3n) is 5.00. The molecule has 6 nitrogen and oxygen atoms in total. The van der Waals surface area contributed by atoms with Crippen LogP contribution in [-0.4, -0.2) is 31.6 Å². The SMILES string of the molecule is O=C(/C=C/c1ccccc1)Nc1ccc2c(c1)N(CCCOc1ccc(Cl)cc1)C(=O)CO2. The van der Waals surface area contributed by atoms with Crippen LogP contribution in [0.4, 0.5) is 11.4 Å². The van der Waals surface area contributed by atoms with E-state index in [2.05, 4.69) is 5.32 Å². The van der Waals surface area contributed by atoms with Crippen molar-refractivity contribution in [3.8, 4) is 11.5 Å². The van der Waals surface area contributed by atoms with Crippen LogP contribution >= 0.6 is 11.6 Å². The zero-order chi connectivity index (χ0) is 23.0. The minimum Gasteiger partial charge on any atom is -0.494 e. The van der Waals surface area contributed by atoms with Crippen molar-refractivity contribution in [2.75, 3.05) is 30.0 Å². The molecule has 1 heterocycles. The van der Waals surface area contributed by atoms with E-state index < -0.39 is 0 Å². The normalized spacial score (nSPS) is 12.9. The Morgan fingerprint density at radius 2 is 1.88 bits per heavy atom. The third-order valence-corrected chi connectivity index (χ3v) is 5.26. The highest BCUT2D eigenvalue weighted by atomic mass is 35.5. The van der Waals surface area contributed by atoms with Crippen LogP contribution in [-0.2, 0) is 9.59 Å². The van der Waals surface area contributed by atoms with Crippen molar-refractivity contribution in [2.45, 2.75) is 6.42 Å². The maximum atomic E-state index is 12.5. The lowest BCUT2D eigenvalue weighted by Crippen LogP contribution is -2.39. The smallest absolute Gasteiger partial charge is 0.265 e. The molecule has 0 saturated carbocycles. The monoisotopic (exact) mass is 462 g/mol. The number of fused-ring (bicyclic) bond motifs is 1. The van der Waals surface area contributed by atoms with Gasteiger partial charge in [-0.2, -0.15) is 0 Å². The van der Waals surface area contributed by atoms with E-state index in [1.54, 1.807) is 53.4 Å². The number of carbonyl (C=O) groups is 2. The molecule has 1 aliphatic heterocycles. The zero-order valence-corrected chi connectivity index (χ0v) is 18.6. The van der Waals surface area contributed by atoms with Crippen LogP contribution in [0.25, 0.3) is 6.08 Å². The lowest BCUT2D eigenvalue weighted by Gasteiger charge is -2.29. The molecule has 0 aromatic heterocycles. The van der Waals surface area contributed by atoms with Crippen LogP contribution in [0.5, 0.6) is 11.5 Å². The molecule has 4 rings (SSSR count). The molecule has 1 aliphatic rings. The Bertz CT molecular complexity index is 1150. The summed E-state index contributed by atoms with van der Waals surface area (Å²) >= 11 is 5.89. The molecular weight excluding hydrogens is 440 g/mol. The molecular formula is C26H23ClN2O4. The summed E-state index contributed by atoms with van der Waals surface area (Å²) in [6.07, 6.45) is 3.85. The summed E-state index contributed by atoms with van der Waals surface area (Å²) in [7, 11) is 0. The first-order chi connectivity index (χ1) is 16.1. The van der Waals surface area contributed by atoms with Crippen LogP contribution in [0, 0.1) is 0 Å². The Balaban J connectivity index is 1.37. The Kier molecular flexibility index (Phi) is 7.27. The molecule has 3 aromatic rings. The lowest BCUT2D eigenvalue weighted by atomic mass is 10.2. The van der Waals surface area contributed by atoms with E-state index in [1.807, 2.05) is 30.3 Å². The van der Waals surface area contributed by atoms with Crippen molar-refractivity contribution >= 4 is 40.9 Å². The molecule has 0 atom stereocenters. The molecule has 0 saturated heterocycles. The van der Waals surface area contributed by atoms with E-state index in [-0.39, 0.29) is 18.4 Å². The van der Waals surface area contributed by atoms with Crippen molar-refractivity contribution < 1.29 is 19.1 Å². The van der Waals surface area contributed by atoms with Gasteiger partial charge in [0.05, 0.1) is 12.3 Å². The summed E-state index contributed by atoms with van der Waals surface area (Å²) < 4.78 is 11.3. The second-order valence-electron chi connectivity index (χ2n) is 7.41. The second kappa shape index (κ2) is 10.7. The maximum Gasteiger partial charge on any atom is 0.265 e. The molecule has 168 valence electrons. The van der Waals surface area contributed by atoms with Gasteiger partial charge in [0, 0.05) is 23.3 Å². The summed E-state index contributed by atoms with van der Waals surface area (Å²) in [5.74, 6) is 0.930. The topological polar surface area (TPSA) is 67.9 Å². The number of rotatable bonds is 8. The van der Waals surface area contributed by atoms with Gasteiger partial charge in [-0.25, -0.2) is 0 Å². The number of nitrogens with one attached hydrogen (secondary N) is 1. The van der Waals surface area contributed by atoms with Gasteiger partial charge >= 0.3 is 0 Å². The first-order valence-electron chi connectivity index (χ1n) is 10.6. The molecule has 0 radical (unpaired) electrons. The molecule has 1 N–H and O–H groups in total. The predicted molar refractivity (Wildman–Crippen MR) is 130 cm³/mol. The number of amides is 2. The highest BCUT2D eigenvalue weighted by Gasteiger charge is 2.25. The summed E-state index contributed by atoms with van der Waals surface area (Å²) in [6, 6.07) is 22.0. The van der Waals surface area contributed by atoms with E-state index >= 15 is 0 Å². The van der Waals surface area contributed by atoms with Gasteiger partial charge in [0.1, 0.15) is 11.5 Å². The van der Waals surface area contributed by atoms with Crippen LogP contribution in [0.15, 0.2) is 78.9 Å². The van der Waals surface area contributed by atoms with E-state index in [1.165, 1.54) is 6.08 Å². The van der Waals surface area contributed by atoms with E-state index in [0.717, 1.165) is 11.3 Å². The first kappa shape index (κ1) is 22.4. The van der Waals surface area contributed by atoms with Crippen molar-refractivity contribution in [3.63, 3.8) is 0 Å². The van der Waals surface area contributed by atoms with Gasteiger partial charge in [-0.3, -0.25) is 9.59 Å². The molecule has 3 aromatic carbocycles. The van der Waals surface area contributed by atoms with Gasteiger partial charge in [0.15, 0.2) is 6.61 Å². The van der Waals surface area contributed by atoms with Gasteiger partial charge in [0.2, 0.25) is 5.91 Å². The number of carbonyl (C=O) groups excluding carboxylic acids is 2.